The summed E-state index contributed by atoms with van der Waals surface area (Å²) in [6.07, 6.45) is 0. The summed E-state index contributed by atoms with van der Waals surface area (Å²) in [4.78, 5) is 0.127. The maximum Gasteiger partial charge on any atom is 0.181 e. The average Bonchev–Trinajstić information content (AvgIpc) is 2.49. The van der Waals surface area contributed by atoms with Crippen LogP contribution in [-0.2, 0) is 9.84 Å². The van der Waals surface area contributed by atoms with Crippen molar-refractivity contribution in [3.63, 3.8) is 0 Å². The Hall–Kier alpha value is -2.52. The number of nitrogens with two attached hydrogens (primary N) is 1. The predicted octanol–water partition coefficient (Wildman–Crippen LogP) is 1.99. The fourth-order valence-electron chi connectivity index (χ4n) is 1.71. The van der Waals surface area contributed by atoms with Gasteiger partial charge in [-0.2, -0.15) is 5.26 Å². The van der Waals surface area contributed by atoms with E-state index in [2.05, 4.69) is 0 Å². The molecule has 21 heavy (non-hydrogen) atoms. The van der Waals surface area contributed by atoms with E-state index in [4.69, 9.17) is 15.7 Å². The fraction of sp³-hybridized carbons (Fsp3) is 0.133. The fourth-order valence-corrected chi connectivity index (χ4v) is 2.84. The molecule has 0 unspecified atom stereocenters. The quantitative estimate of drug-likeness (QED) is 0.853. The van der Waals surface area contributed by atoms with Crippen molar-refractivity contribution in [1.29, 1.82) is 5.26 Å². The molecule has 0 spiro atoms. The lowest BCUT2D eigenvalue weighted by Crippen LogP contribution is -2.14. The zero-order valence-corrected chi connectivity index (χ0v) is 12.0. The lowest BCUT2D eigenvalue weighted by Gasteiger charge is -2.07. The van der Waals surface area contributed by atoms with E-state index < -0.39 is 9.84 Å². The molecule has 0 aliphatic heterocycles. The second kappa shape index (κ2) is 6.29. The Morgan fingerprint density at radius 2 is 1.86 bits per heavy atom. The SMILES string of the molecule is N#Cc1cccc(S(=O)(=O)CCOc2ccc(N)cc2)c1. The molecule has 0 aliphatic carbocycles. The lowest BCUT2D eigenvalue weighted by molar-refractivity contribution is 0.341. The van der Waals surface area contributed by atoms with Crippen LogP contribution in [0.3, 0.4) is 0 Å². The monoisotopic (exact) mass is 302 g/mol. The molecule has 0 saturated heterocycles. The van der Waals surface area contributed by atoms with Crippen molar-refractivity contribution in [2.45, 2.75) is 4.90 Å². The van der Waals surface area contributed by atoms with E-state index in [1.807, 2.05) is 6.07 Å². The Bertz CT molecular complexity index is 762. The third-order valence-corrected chi connectivity index (χ3v) is 4.50. The molecular weight excluding hydrogens is 288 g/mol. The van der Waals surface area contributed by atoms with Crippen molar-refractivity contribution in [2.75, 3.05) is 18.1 Å². The number of benzene rings is 2. The number of hydrogen-bond donors (Lipinski definition) is 1. The van der Waals surface area contributed by atoms with Crippen LogP contribution in [0, 0.1) is 11.3 Å². The average molecular weight is 302 g/mol. The smallest absolute Gasteiger partial charge is 0.181 e. The van der Waals surface area contributed by atoms with E-state index in [1.165, 1.54) is 12.1 Å². The summed E-state index contributed by atoms with van der Waals surface area (Å²) in [5.41, 5.74) is 6.48. The molecule has 0 fully saturated rings. The van der Waals surface area contributed by atoms with Crippen LogP contribution in [0.5, 0.6) is 5.75 Å². The van der Waals surface area contributed by atoms with Crippen LogP contribution in [0.15, 0.2) is 53.4 Å². The maximum atomic E-state index is 12.1. The van der Waals surface area contributed by atoms with Crippen molar-refractivity contribution < 1.29 is 13.2 Å². The zero-order valence-electron chi connectivity index (χ0n) is 11.2. The first-order valence-corrected chi connectivity index (χ1v) is 7.88. The van der Waals surface area contributed by atoms with E-state index in [9.17, 15) is 8.42 Å². The van der Waals surface area contributed by atoms with Crippen LogP contribution in [0.2, 0.25) is 0 Å². The highest BCUT2D eigenvalue weighted by molar-refractivity contribution is 7.91. The molecule has 0 amide bonds. The molecule has 0 radical (unpaired) electrons. The van der Waals surface area contributed by atoms with Crippen LogP contribution in [0.25, 0.3) is 0 Å². The molecular formula is C15H14N2O3S. The molecule has 0 saturated carbocycles. The third-order valence-electron chi connectivity index (χ3n) is 2.82. The summed E-state index contributed by atoms with van der Waals surface area (Å²) in [7, 11) is -3.47. The third kappa shape index (κ3) is 3.97. The van der Waals surface area contributed by atoms with Crippen LogP contribution in [0.1, 0.15) is 5.56 Å². The summed E-state index contributed by atoms with van der Waals surface area (Å²) in [5.74, 6) is 0.400. The number of nitrogens with zero attached hydrogens (tertiary/aromatic N) is 1. The van der Waals surface area contributed by atoms with Gasteiger partial charge in [-0.05, 0) is 42.5 Å². The molecule has 2 aromatic carbocycles. The maximum absolute atomic E-state index is 12.1. The number of nitriles is 1. The Kier molecular flexibility index (Phi) is 4.45. The number of hydrogen-bond acceptors (Lipinski definition) is 5. The molecule has 2 rings (SSSR count). The van der Waals surface area contributed by atoms with Crippen molar-refractivity contribution in [2.24, 2.45) is 0 Å². The molecule has 108 valence electrons. The van der Waals surface area contributed by atoms with Crippen LogP contribution in [0.4, 0.5) is 5.69 Å². The van der Waals surface area contributed by atoms with E-state index >= 15 is 0 Å². The van der Waals surface area contributed by atoms with Gasteiger partial charge in [-0.1, -0.05) is 6.07 Å². The largest absolute Gasteiger partial charge is 0.493 e. The Balaban J connectivity index is 2.01. The first-order valence-electron chi connectivity index (χ1n) is 6.22. The zero-order chi connectivity index (χ0) is 15.3. The van der Waals surface area contributed by atoms with Gasteiger partial charge in [0.1, 0.15) is 12.4 Å². The Morgan fingerprint density at radius 1 is 1.14 bits per heavy atom. The van der Waals surface area contributed by atoms with Gasteiger partial charge >= 0.3 is 0 Å². The number of nitrogen functional groups attached to an aromatic ring is 1. The second-order valence-corrected chi connectivity index (χ2v) is 6.49. The summed E-state index contributed by atoms with van der Waals surface area (Å²) < 4.78 is 29.6. The Morgan fingerprint density at radius 3 is 2.52 bits per heavy atom. The molecule has 5 nitrogen and oxygen atoms in total. The van der Waals surface area contributed by atoms with Gasteiger partial charge < -0.3 is 10.5 Å². The van der Waals surface area contributed by atoms with Crippen molar-refractivity contribution >= 4 is 15.5 Å². The minimum absolute atomic E-state index is 0.0308. The van der Waals surface area contributed by atoms with Crippen molar-refractivity contribution in [3.8, 4) is 11.8 Å². The van der Waals surface area contributed by atoms with Gasteiger partial charge in [0.15, 0.2) is 9.84 Å². The summed E-state index contributed by atoms with van der Waals surface area (Å²) >= 11 is 0. The molecule has 2 aromatic rings. The molecule has 0 heterocycles. The topological polar surface area (TPSA) is 93.2 Å². The summed E-state index contributed by atoms with van der Waals surface area (Å²) in [6.45, 7) is 0.0308. The highest BCUT2D eigenvalue weighted by Gasteiger charge is 2.15. The molecule has 0 bridgehead atoms. The van der Waals surface area contributed by atoms with Crippen LogP contribution >= 0.6 is 0 Å². The first-order chi connectivity index (χ1) is 10.0. The van der Waals surface area contributed by atoms with Gasteiger partial charge in [-0.3, -0.25) is 0 Å². The standard InChI is InChI=1S/C15H14N2O3S/c16-11-12-2-1-3-15(10-12)21(18,19)9-8-20-14-6-4-13(17)5-7-14/h1-7,10H,8-9,17H2. The van der Waals surface area contributed by atoms with Crippen molar-refractivity contribution in [3.05, 3.63) is 54.1 Å². The number of rotatable bonds is 5. The predicted molar refractivity (Wildman–Crippen MR) is 79.6 cm³/mol. The van der Waals surface area contributed by atoms with E-state index in [-0.39, 0.29) is 17.3 Å². The van der Waals surface area contributed by atoms with E-state index in [0.29, 0.717) is 17.0 Å². The minimum Gasteiger partial charge on any atom is -0.493 e. The summed E-state index contributed by atoms with van der Waals surface area (Å²) in [6, 6.07) is 14.6. The lowest BCUT2D eigenvalue weighted by atomic mass is 10.2. The van der Waals surface area contributed by atoms with E-state index in [1.54, 1.807) is 36.4 Å². The molecule has 2 N–H and O–H groups in total. The van der Waals surface area contributed by atoms with Gasteiger partial charge in [0, 0.05) is 5.69 Å². The van der Waals surface area contributed by atoms with Crippen LogP contribution < -0.4 is 10.5 Å². The molecule has 0 aromatic heterocycles. The highest BCUT2D eigenvalue weighted by atomic mass is 32.2. The first kappa shape index (κ1) is 14.9. The summed E-state index contributed by atoms with van der Waals surface area (Å²) in [5, 5.41) is 8.80. The second-order valence-electron chi connectivity index (χ2n) is 4.38. The van der Waals surface area contributed by atoms with Crippen LogP contribution in [-0.4, -0.2) is 20.8 Å². The minimum atomic E-state index is -3.47. The Labute approximate surface area is 123 Å². The van der Waals surface area contributed by atoms with Gasteiger partial charge in [0.05, 0.1) is 22.3 Å². The number of sulfone groups is 1. The normalized spacial score (nSPS) is 10.8. The number of ether oxygens (including phenoxy) is 1. The van der Waals surface area contributed by atoms with Gasteiger partial charge in [-0.15, -0.1) is 0 Å². The highest BCUT2D eigenvalue weighted by Crippen LogP contribution is 2.15. The number of anilines is 1. The van der Waals surface area contributed by atoms with E-state index in [0.717, 1.165) is 0 Å². The van der Waals surface area contributed by atoms with Gasteiger partial charge in [-0.25, -0.2) is 8.42 Å². The van der Waals surface area contributed by atoms with Crippen molar-refractivity contribution in [1.82, 2.24) is 0 Å². The van der Waals surface area contributed by atoms with Gasteiger partial charge in [0.2, 0.25) is 0 Å². The molecule has 6 heteroatoms. The van der Waals surface area contributed by atoms with Gasteiger partial charge in [0.25, 0.3) is 0 Å². The molecule has 0 aliphatic rings. The molecule has 0 atom stereocenters.